The van der Waals surface area contributed by atoms with Gasteiger partial charge in [0.25, 0.3) is 10.0 Å². The third-order valence-corrected chi connectivity index (χ3v) is 10.2. The van der Waals surface area contributed by atoms with Gasteiger partial charge in [-0.15, -0.1) is 0 Å². The molecule has 42 heavy (non-hydrogen) atoms. The third-order valence-electron chi connectivity index (χ3n) is 7.72. The summed E-state index contributed by atoms with van der Waals surface area (Å²) in [4.78, 5) is 29.0. The monoisotopic (exact) mass is 629 g/mol. The predicted octanol–water partition coefficient (Wildman–Crippen LogP) is 6.67. The van der Waals surface area contributed by atoms with Crippen molar-refractivity contribution in [1.82, 2.24) is 10.2 Å². The SMILES string of the molecule is Cc1ccc(S(=O)(=O)N(CC(=O)N(Cc2ccc(Cl)cc2)[C@@H](C)C(=O)NC2CCCCC2)c2ccc(C)c(Cl)c2)cc1. The molecule has 10 heteroatoms. The van der Waals surface area contributed by atoms with Crippen LogP contribution >= 0.6 is 23.2 Å². The molecule has 0 spiro atoms. The number of hydrogen-bond donors (Lipinski definition) is 1. The first-order chi connectivity index (χ1) is 20.0. The maximum Gasteiger partial charge on any atom is 0.264 e. The van der Waals surface area contributed by atoms with Crippen molar-refractivity contribution in [2.24, 2.45) is 0 Å². The minimum Gasteiger partial charge on any atom is -0.352 e. The van der Waals surface area contributed by atoms with Crippen LogP contribution < -0.4 is 9.62 Å². The van der Waals surface area contributed by atoms with Gasteiger partial charge in [0.05, 0.1) is 10.6 Å². The quantitative estimate of drug-likeness (QED) is 0.271. The average Bonchev–Trinajstić information content (AvgIpc) is 2.97. The van der Waals surface area contributed by atoms with E-state index in [1.807, 2.05) is 13.8 Å². The normalized spacial score (nSPS) is 14.7. The highest BCUT2D eigenvalue weighted by Gasteiger charge is 2.33. The molecular formula is C32H37Cl2N3O4S. The number of carbonyl (C=O) groups excluding carboxylic acids is 2. The summed E-state index contributed by atoms with van der Waals surface area (Å²) in [6, 6.07) is 17.6. The molecule has 1 saturated carbocycles. The van der Waals surface area contributed by atoms with Crippen molar-refractivity contribution in [3.05, 3.63) is 93.5 Å². The summed E-state index contributed by atoms with van der Waals surface area (Å²) in [7, 11) is -4.17. The van der Waals surface area contributed by atoms with Crippen molar-refractivity contribution in [2.45, 2.75) is 76.4 Å². The zero-order valence-corrected chi connectivity index (χ0v) is 26.5. The van der Waals surface area contributed by atoms with E-state index in [2.05, 4.69) is 5.32 Å². The fourth-order valence-electron chi connectivity index (χ4n) is 5.04. The van der Waals surface area contributed by atoms with E-state index in [1.165, 1.54) is 17.0 Å². The smallest absolute Gasteiger partial charge is 0.264 e. The molecule has 4 rings (SSSR count). The van der Waals surface area contributed by atoms with Crippen LogP contribution in [0.2, 0.25) is 10.0 Å². The molecule has 0 unspecified atom stereocenters. The summed E-state index contributed by atoms with van der Waals surface area (Å²) >= 11 is 12.5. The van der Waals surface area contributed by atoms with Gasteiger partial charge >= 0.3 is 0 Å². The highest BCUT2D eigenvalue weighted by Crippen LogP contribution is 2.29. The van der Waals surface area contributed by atoms with Gasteiger partial charge in [-0.25, -0.2) is 8.42 Å². The summed E-state index contributed by atoms with van der Waals surface area (Å²) in [5.41, 5.74) is 2.69. The van der Waals surface area contributed by atoms with E-state index < -0.39 is 28.5 Å². The van der Waals surface area contributed by atoms with Gasteiger partial charge in [-0.2, -0.15) is 0 Å². The van der Waals surface area contributed by atoms with Gasteiger partial charge in [0.15, 0.2) is 0 Å². The lowest BCUT2D eigenvalue weighted by Crippen LogP contribution is -2.53. The molecule has 0 aliphatic heterocycles. The molecule has 0 heterocycles. The van der Waals surface area contributed by atoms with Crippen molar-refractivity contribution < 1.29 is 18.0 Å². The molecule has 0 radical (unpaired) electrons. The second-order valence-corrected chi connectivity index (χ2v) is 13.6. The summed E-state index contributed by atoms with van der Waals surface area (Å²) in [6.45, 7) is 4.93. The fraction of sp³-hybridized carbons (Fsp3) is 0.375. The van der Waals surface area contributed by atoms with Crippen LogP contribution in [0.1, 0.15) is 55.7 Å². The van der Waals surface area contributed by atoms with Crippen LogP contribution in [0, 0.1) is 13.8 Å². The largest absolute Gasteiger partial charge is 0.352 e. The Hall–Kier alpha value is -3.07. The predicted molar refractivity (Wildman–Crippen MR) is 168 cm³/mol. The number of carbonyl (C=O) groups is 2. The third kappa shape index (κ3) is 7.85. The number of benzene rings is 3. The van der Waals surface area contributed by atoms with Crippen LogP contribution in [0.4, 0.5) is 5.69 Å². The van der Waals surface area contributed by atoms with E-state index in [4.69, 9.17) is 23.2 Å². The van der Waals surface area contributed by atoms with Crippen LogP contribution in [0.3, 0.4) is 0 Å². The molecule has 7 nitrogen and oxygen atoms in total. The maximum absolute atomic E-state index is 14.1. The Bertz CT molecular complexity index is 1510. The van der Waals surface area contributed by atoms with E-state index in [9.17, 15) is 18.0 Å². The van der Waals surface area contributed by atoms with Gasteiger partial charge in [0, 0.05) is 22.6 Å². The first-order valence-electron chi connectivity index (χ1n) is 14.2. The van der Waals surface area contributed by atoms with Crippen LogP contribution in [0.15, 0.2) is 71.6 Å². The zero-order chi connectivity index (χ0) is 30.4. The number of sulfonamides is 1. The maximum atomic E-state index is 14.1. The van der Waals surface area contributed by atoms with E-state index in [-0.39, 0.29) is 29.1 Å². The Labute approximate surface area is 258 Å². The van der Waals surface area contributed by atoms with Gasteiger partial charge < -0.3 is 10.2 Å². The molecule has 1 atom stereocenters. The highest BCUT2D eigenvalue weighted by molar-refractivity contribution is 7.92. The molecule has 0 bridgehead atoms. The molecule has 0 saturated heterocycles. The summed E-state index contributed by atoms with van der Waals surface area (Å²) in [5, 5.41) is 4.03. The first kappa shape index (κ1) is 31.9. The van der Waals surface area contributed by atoms with Gasteiger partial charge in [0.2, 0.25) is 11.8 Å². The lowest BCUT2D eigenvalue weighted by Gasteiger charge is -2.33. The van der Waals surface area contributed by atoms with Crippen LogP contribution in [-0.4, -0.2) is 43.8 Å². The number of aryl methyl sites for hydroxylation is 2. The second kappa shape index (κ2) is 13.9. The fourth-order valence-corrected chi connectivity index (χ4v) is 6.75. The molecule has 224 valence electrons. The van der Waals surface area contributed by atoms with Gasteiger partial charge in [-0.3, -0.25) is 13.9 Å². The number of nitrogens with zero attached hydrogens (tertiary/aromatic N) is 2. The van der Waals surface area contributed by atoms with E-state index in [0.717, 1.165) is 53.1 Å². The molecule has 0 aromatic heterocycles. The summed E-state index contributed by atoms with van der Waals surface area (Å²) in [5.74, 6) is -0.792. The molecule has 2 amide bonds. The van der Waals surface area contributed by atoms with Crippen molar-refractivity contribution in [3.8, 4) is 0 Å². The molecule has 1 N–H and O–H groups in total. The molecule has 3 aromatic rings. The Morgan fingerprint density at radius 1 is 0.929 bits per heavy atom. The second-order valence-electron chi connectivity index (χ2n) is 10.9. The highest BCUT2D eigenvalue weighted by atomic mass is 35.5. The van der Waals surface area contributed by atoms with Crippen molar-refractivity contribution in [1.29, 1.82) is 0 Å². The summed E-state index contributed by atoms with van der Waals surface area (Å²) < 4.78 is 29.0. The Balaban J connectivity index is 1.69. The molecule has 1 aliphatic rings. The number of amides is 2. The number of nitrogens with one attached hydrogen (secondary N) is 1. The van der Waals surface area contributed by atoms with Gasteiger partial charge in [0.1, 0.15) is 12.6 Å². The lowest BCUT2D eigenvalue weighted by atomic mass is 9.95. The first-order valence-corrected chi connectivity index (χ1v) is 16.3. The zero-order valence-electron chi connectivity index (χ0n) is 24.1. The van der Waals surface area contributed by atoms with Crippen LogP contribution in [-0.2, 0) is 26.2 Å². The Morgan fingerprint density at radius 2 is 1.57 bits per heavy atom. The number of anilines is 1. The minimum atomic E-state index is -4.17. The number of rotatable bonds is 10. The molecule has 3 aromatic carbocycles. The topological polar surface area (TPSA) is 86.8 Å². The van der Waals surface area contributed by atoms with Gasteiger partial charge in [-0.05, 0) is 81.1 Å². The molecule has 1 aliphatic carbocycles. The lowest BCUT2D eigenvalue weighted by molar-refractivity contribution is -0.139. The van der Waals surface area contributed by atoms with Gasteiger partial charge in [-0.1, -0.05) is 78.4 Å². The minimum absolute atomic E-state index is 0.0462. The van der Waals surface area contributed by atoms with Crippen LogP contribution in [0.25, 0.3) is 0 Å². The van der Waals surface area contributed by atoms with Crippen molar-refractivity contribution in [3.63, 3.8) is 0 Å². The Morgan fingerprint density at radius 3 is 2.19 bits per heavy atom. The van der Waals surface area contributed by atoms with E-state index >= 15 is 0 Å². The summed E-state index contributed by atoms with van der Waals surface area (Å²) in [6.07, 6.45) is 5.06. The van der Waals surface area contributed by atoms with E-state index in [0.29, 0.717) is 10.0 Å². The number of halogens is 2. The number of hydrogen-bond acceptors (Lipinski definition) is 4. The molecular weight excluding hydrogens is 593 g/mol. The van der Waals surface area contributed by atoms with Crippen molar-refractivity contribution in [2.75, 3.05) is 10.8 Å². The van der Waals surface area contributed by atoms with E-state index in [1.54, 1.807) is 61.5 Å². The standard InChI is InChI=1S/C32H37Cl2N3O4S/c1-22-9-17-29(18-10-22)42(40,41)37(28-16-11-23(2)30(34)19-28)21-31(38)36(20-25-12-14-26(33)15-13-25)24(3)32(39)35-27-7-5-4-6-8-27/h9-19,24,27H,4-8,20-21H2,1-3H3,(H,35,39)/t24-/m0/s1. The average molecular weight is 631 g/mol. The van der Waals surface area contributed by atoms with Crippen molar-refractivity contribution >= 4 is 50.7 Å². The molecule has 1 fully saturated rings. The Kier molecular flexibility index (Phi) is 10.6. The van der Waals surface area contributed by atoms with Crippen LogP contribution in [0.5, 0.6) is 0 Å².